The summed E-state index contributed by atoms with van der Waals surface area (Å²) < 4.78 is 42.7. The molecule has 1 unspecified atom stereocenters. The molecule has 114 valence electrons. The van der Waals surface area contributed by atoms with Crippen LogP contribution >= 0.6 is 0 Å². The van der Waals surface area contributed by atoms with Crippen LogP contribution in [0.2, 0.25) is 0 Å². The van der Waals surface area contributed by atoms with Gasteiger partial charge in [0.25, 0.3) is 5.91 Å². The summed E-state index contributed by atoms with van der Waals surface area (Å²) >= 11 is 0. The molecule has 2 N–H and O–H groups in total. The molecule has 1 aromatic carbocycles. The Morgan fingerprint density at radius 3 is 2.57 bits per heavy atom. The van der Waals surface area contributed by atoms with Gasteiger partial charge >= 0.3 is 12.1 Å². The Balaban J connectivity index is 2.23. The normalized spacial score (nSPS) is 22.0. The van der Waals surface area contributed by atoms with Crippen molar-refractivity contribution in [2.75, 3.05) is 13.2 Å². The number of ether oxygens (including phenoxy) is 1. The number of alkyl halides is 3. The van der Waals surface area contributed by atoms with Gasteiger partial charge in [-0.2, -0.15) is 13.2 Å². The Bertz CT molecular complexity index is 565. The Kier molecular flexibility index (Phi) is 3.91. The van der Waals surface area contributed by atoms with Gasteiger partial charge in [0.15, 0.2) is 5.54 Å². The zero-order valence-corrected chi connectivity index (χ0v) is 10.7. The molecule has 1 fully saturated rings. The van der Waals surface area contributed by atoms with Crippen molar-refractivity contribution in [2.45, 2.75) is 18.1 Å². The van der Waals surface area contributed by atoms with Gasteiger partial charge in [0.05, 0.1) is 12.2 Å². The lowest BCUT2D eigenvalue weighted by Gasteiger charge is -2.23. The van der Waals surface area contributed by atoms with E-state index in [9.17, 15) is 22.8 Å². The van der Waals surface area contributed by atoms with Gasteiger partial charge in [0.2, 0.25) is 0 Å². The van der Waals surface area contributed by atoms with Crippen molar-refractivity contribution in [1.29, 1.82) is 0 Å². The van der Waals surface area contributed by atoms with Crippen molar-refractivity contribution in [1.82, 2.24) is 5.32 Å². The minimum Gasteiger partial charge on any atom is -0.479 e. The van der Waals surface area contributed by atoms with Crippen LogP contribution < -0.4 is 5.32 Å². The Morgan fingerprint density at radius 1 is 1.33 bits per heavy atom. The van der Waals surface area contributed by atoms with E-state index in [1.807, 2.05) is 0 Å². The third-order valence-electron chi connectivity index (χ3n) is 3.24. The third-order valence-corrected chi connectivity index (χ3v) is 3.24. The second kappa shape index (κ2) is 5.36. The summed E-state index contributed by atoms with van der Waals surface area (Å²) in [7, 11) is 0. The number of carboxylic acid groups (broad SMARTS) is 1. The van der Waals surface area contributed by atoms with Gasteiger partial charge in [0, 0.05) is 18.6 Å². The molecule has 8 heteroatoms. The molecule has 1 amide bonds. The van der Waals surface area contributed by atoms with E-state index in [0.29, 0.717) is 6.07 Å². The highest BCUT2D eigenvalue weighted by atomic mass is 19.4. The fourth-order valence-electron chi connectivity index (χ4n) is 2.01. The van der Waals surface area contributed by atoms with Gasteiger partial charge in [-0.25, -0.2) is 4.79 Å². The van der Waals surface area contributed by atoms with E-state index in [1.165, 1.54) is 6.07 Å². The molecule has 2 rings (SSSR count). The zero-order valence-electron chi connectivity index (χ0n) is 10.7. The maximum Gasteiger partial charge on any atom is 0.416 e. The number of carbonyl (C=O) groups is 2. The van der Waals surface area contributed by atoms with E-state index in [1.54, 1.807) is 0 Å². The zero-order chi connectivity index (χ0) is 15.7. The summed E-state index contributed by atoms with van der Waals surface area (Å²) in [6.45, 7) is -0.0534. The highest BCUT2D eigenvalue weighted by Crippen LogP contribution is 2.29. The lowest BCUT2D eigenvalue weighted by atomic mass is 9.98. The molecule has 1 aliphatic heterocycles. The van der Waals surface area contributed by atoms with Crippen molar-refractivity contribution in [3.63, 3.8) is 0 Å². The minimum absolute atomic E-state index is 0.0625. The monoisotopic (exact) mass is 303 g/mol. The first-order chi connectivity index (χ1) is 9.74. The Morgan fingerprint density at radius 2 is 2.05 bits per heavy atom. The van der Waals surface area contributed by atoms with Crippen LogP contribution in [0.15, 0.2) is 24.3 Å². The molecule has 1 heterocycles. The number of carbonyl (C=O) groups excluding carboxylic acids is 1. The van der Waals surface area contributed by atoms with Gasteiger partial charge < -0.3 is 15.2 Å². The summed E-state index contributed by atoms with van der Waals surface area (Å²) in [6, 6.07) is 3.80. The molecule has 1 aliphatic rings. The van der Waals surface area contributed by atoms with Crippen LogP contribution in [0.5, 0.6) is 0 Å². The van der Waals surface area contributed by atoms with Crippen molar-refractivity contribution < 1.29 is 32.6 Å². The van der Waals surface area contributed by atoms with E-state index in [0.717, 1.165) is 12.1 Å². The first-order valence-electron chi connectivity index (χ1n) is 6.05. The van der Waals surface area contributed by atoms with Crippen molar-refractivity contribution in [2.24, 2.45) is 0 Å². The number of benzene rings is 1. The van der Waals surface area contributed by atoms with Crippen LogP contribution in [0.25, 0.3) is 0 Å². The van der Waals surface area contributed by atoms with Crippen LogP contribution in [-0.2, 0) is 15.7 Å². The predicted octanol–water partition coefficient (Wildman–Crippen LogP) is 1.68. The molecule has 1 aromatic rings. The van der Waals surface area contributed by atoms with E-state index < -0.39 is 29.2 Å². The highest BCUT2D eigenvalue weighted by molar-refractivity contribution is 5.98. The number of carboxylic acids is 1. The van der Waals surface area contributed by atoms with E-state index in [-0.39, 0.29) is 25.2 Å². The Hall–Kier alpha value is -2.09. The number of hydrogen-bond acceptors (Lipinski definition) is 3. The SMILES string of the molecule is O=C(NC1(C(=O)O)CCOC1)c1cccc(C(F)(F)F)c1. The molecule has 1 atom stereocenters. The maximum absolute atomic E-state index is 12.6. The van der Waals surface area contributed by atoms with Crippen LogP contribution in [0.3, 0.4) is 0 Å². The predicted molar refractivity (Wildman–Crippen MR) is 64.7 cm³/mol. The highest BCUT2D eigenvalue weighted by Gasteiger charge is 2.44. The summed E-state index contributed by atoms with van der Waals surface area (Å²) in [5.41, 5.74) is -2.81. The van der Waals surface area contributed by atoms with Gasteiger partial charge in [0.1, 0.15) is 0 Å². The lowest BCUT2D eigenvalue weighted by molar-refractivity contribution is -0.144. The molecule has 0 saturated carbocycles. The fraction of sp³-hybridized carbons (Fsp3) is 0.385. The summed E-state index contributed by atoms with van der Waals surface area (Å²) in [5, 5.41) is 11.4. The minimum atomic E-state index is -4.57. The molecule has 1 saturated heterocycles. The van der Waals surface area contributed by atoms with Crippen LogP contribution in [0.4, 0.5) is 13.2 Å². The second-order valence-corrected chi connectivity index (χ2v) is 4.72. The number of aliphatic carboxylic acids is 1. The molecule has 21 heavy (non-hydrogen) atoms. The molecule has 0 aliphatic carbocycles. The number of rotatable bonds is 3. The molecule has 0 aromatic heterocycles. The van der Waals surface area contributed by atoms with Crippen LogP contribution in [0, 0.1) is 0 Å². The first kappa shape index (κ1) is 15.3. The molecule has 5 nitrogen and oxygen atoms in total. The molecule has 0 spiro atoms. The van der Waals surface area contributed by atoms with Gasteiger partial charge in [-0.15, -0.1) is 0 Å². The van der Waals surface area contributed by atoms with Crippen LogP contribution in [-0.4, -0.2) is 35.7 Å². The third kappa shape index (κ3) is 3.15. The number of nitrogens with one attached hydrogen (secondary N) is 1. The second-order valence-electron chi connectivity index (χ2n) is 4.72. The fourth-order valence-corrected chi connectivity index (χ4v) is 2.01. The Labute approximate surface area is 117 Å². The maximum atomic E-state index is 12.6. The van der Waals surface area contributed by atoms with Gasteiger partial charge in [-0.3, -0.25) is 4.79 Å². The van der Waals surface area contributed by atoms with Crippen molar-refractivity contribution >= 4 is 11.9 Å². The molecule has 0 bridgehead atoms. The number of amides is 1. The smallest absolute Gasteiger partial charge is 0.416 e. The lowest BCUT2D eigenvalue weighted by Crippen LogP contribution is -2.55. The standard InChI is InChI=1S/C13H12F3NO4/c14-13(15,16)9-3-1-2-8(6-9)10(18)17-12(11(19)20)4-5-21-7-12/h1-3,6H,4-5,7H2,(H,17,18)(H,19,20). The summed E-state index contributed by atoms with van der Waals surface area (Å²) in [4.78, 5) is 23.2. The topological polar surface area (TPSA) is 75.6 Å². The van der Waals surface area contributed by atoms with Crippen molar-refractivity contribution in [3.05, 3.63) is 35.4 Å². The molecular weight excluding hydrogens is 291 g/mol. The first-order valence-corrected chi connectivity index (χ1v) is 6.05. The summed E-state index contributed by atoms with van der Waals surface area (Å²) in [5.74, 6) is -2.16. The summed E-state index contributed by atoms with van der Waals surface area (Å²) in [6.07, 6.45) is -4.51. The van der Waals surface area contributed by atoms with E-state index in [2.05, 4.69) is 5.32 Å². The van der Waals surface area contributed by atoms with E-state index >= 15 is 0 Å². The van der Waals surface area contributed by atoms with E-state index in [4.69, 9.17) is 9.84 Å². The van der Waals surface area contributed by atoms with Gasteiger partial charge in [-0.05, 0) is 18.2 Å². The average Bonchev–Trinajstić information content (AvgIpc) is 2.88. The molecular formula is C13H12F3NO4. The van der Waals surface area contributed by atoms with Crippen molar-refractivity contribution in [3.8, 4) is 0 Å². The van der Waals surface area contributed by atoms with Gasteiger partial charge in [-0.1, -0.05) is 6.07 Å². The average molecular weight is 303 g/mol. The quantitative estimate of drug-likeness (QED) is 0.891. The molecule has 0 radical (unpaired) electrons. The van der Waals surface area contributed by atoms with Crippen LogP contribution in [0.1, 0.15) is 22.3 Å². The largest absolute Gasteiger partial charge is 0.479 e. The number of halogens is 3. The number of hydrogen-bond donors (Lipinski definition) is 2.